The van der Waals surface area contributed by atoms with E-state index in [9.17, 15) is 9.59 Å². The Morgan fingerprint density at radius 1 is 1.07 bits per heavy atom. The molecule has 0 fully saturated rings. The average Bonchev–Trinajstić information content (AvgIpc) is 3.03. The van der Waals surface area contributed by atoms with Crippen LogP contribution in [0, 0.1) is 0 Å². The third-order valence-corrected chi connectivity index (χ3v) is 4.57. The van der Waals surface area contributed by atoms with Crippen LogP contribution in [0.15, 0.2) is 40.5 Å². The summed E-state index contributed by atoms with van der Waals surface area (Å²) in [5.41, 5.74) is 0.469. The molecule has 8 heteroatoms. The maximum Gasteiger partial charge on any atom is 0.344 e. The number of benzene rings is 1. The molecule has 7 nitrogen and oxygen atoms in total. The number of hydrogen-bond acceptors (Lipinski definition) is 7. The van der Waals surface area contributed by atoms with Crippen LogP contribution in [-0.2, 0) is 23.8 Å². The van der Waals surface area contributed by atoms with E-state index in [0.29, 0.717) is 10.6 Å². The van der Waals surface area contributed by atoms with Crippen molar-refractivity contribution in [3.05, 3.63) is 46.0 Å². The number of rotatable bonds is 6. The zero-order chi connectivity index (χ0) is 21.0. The van der Waals surface area contributed by atoms with Crippen LogP contribution in [0.25, 0.3) is 0 Å². The third kappa shape index (κ3) is 4.30. The molecule has 152 valence electrons. The number of carbonyl (C=O) groups is 2. The van der Waals surface area contributed by atoms with Gasteiger partial charge in [0.2, 0.25) is 5.90 Å². The van der Waals surface area contributed by atoms with Gasteiger partial charge in [-0.25, -0.2) is 9.59 Å². The Morgan fingerprint density at radius 2 is 1.64 bits per heavy atom. The molecule has 0 aromatic heterocycles. The molecule has 1 heterocycles. The third-order valence-electron chi connectivity index (χ3n) is 4.22. The Labute approximate surface area is 169 Å². The normalized spacial score (nSPS) is 17.9. The molecular weight excluding hydrogens is 384 g/mol. The molecule has 0 saturated carbocycles. The second-order valence-electron chi connectivity index (χ2n) is 6.76. The Bertz CT molecular complexity index is 809. The van der Waals surface area contributed by atoms with Gasteiger partial charge in [0.05, 0.1) is 14.2 Å². The molecule has 2 rings (SSSR count). The van der Waals surface area contributed by atoms with Gasteiger partial charge in [0.25, 0.3) is 0 Å². The Kier molecular flexibility index (Phi) is 7.07. The van der Waals surface area contributed by atoms with E-state index in [1.807, 2.05) is 27.7 Å². The molecular formula is C20H25ClN2O5. The maximum absolute atomic E-state index is 12.6. The number of hydrazone groups is 1. The van der Waals surface area contributed by atoms with E-state index in [4.69, 9.17) is 25.8 Å². The summed E-state index contributed by atoms with van der Waals surface area (Å²) < 4.78 is 15.8. The number of ether oxygens (including phenoxy) is 3. The van der Waals surface area contributed by atoms with E-state index >= 15 is 0 Å². The fourth-order valence-electron chi connectivity index (χ4n) is 3.01. The minimum atomic E-state index is -0.935. The van der Waals surface area contributed by atoms with Gasteiger partial charge in [0, 0.05) is 22.7 Å². The molecule has 0 amide bonds. The smallest absolute Gasteiger partial charge is 0.344 e. The average molecular weight is 409 g/mol. The van der Waals surface area contributed by atoms with Crippen LogP contribution in [0.4, 0.5) is 0 Å². The fraction of sp³-hybridized carbons (Fsp3) is 0.450. The predicted octanol–water partition coefficient (Wildman–Crippen LogP) is 3.49. The molecule has 1 aliphatic rings. The molecule has 0 aliphatic carbocycles. The SMILES string of the molecule is COC(=O)C1=C(C(=O)OC)C(c2ccccc2Cl)O/C1=N\N(C(C)C)C(C)C. The van der Waals surface area contributed by atoms with Crippen LogP contribution in [-0.4, -0.2) is 49.1 Å². The van der Waals surface area contributed by atoms with Gasteiger partial charge >= 0.3 is 11.9 Å². The topological polar surface area (TPSA) is 77.4 Å². The summed E-state index contributed by atoms with van der Waals surface area (Å²) in [6.45, 7) is 7.86. The summed E-state index contributed by atoms with van der Waals surface area (Å²) in [6, 6.07) is 7.00. The van der Waals surface area contributed by atoms with E-state index in [-0.39, 0.29) is 29.1 Å². The number of hydrogen-bond donors (Lipinski definition) is 0. The highest BCUT2D eigenvalue weighted by molar-refractivity contribution is 6.31. The van der Waals surface area contributed by atoms with Gasteiger partial charge in [-0.15, -0.1) is 5.10 Å². The number of carbonyl (C=O) groups excluding carboxylic acids is 2. The van der Waals surface area contributed by atoms with Gasteiger partial charge < -0.3 is 14.2 Å². The first-order valence-electron chi connectivity index (χ1n) is 8.92. The molecule has 0 spiro atoms. The molecule has 0 radical (unpaired) electrons. The van der Waals surface area contributed by atoms with Crippen LogP contribution in [0.1, 0.15) is 39.4 Å². The van der Waals surface area contributed by atoms with Crippen LogP contribution in [0.5, 0.6) is 0 Å². The molecule has 0 bridgehead atoms. The van der Waals surface area contributed by atoms with Crippen molar-refractivity contribution in [2.75, 3.05) is 14.2 Å². The first-order chi connectivity index (χ1) is 13.2. The van der Waals surface area contributed by atoms with Gasteiger partial charge in [0.1, 0.15) is 11.1 Å². The van der Waals surface area contributed by atoms with E-state index in [0.717, 1.165) is 0 Å². The standard InChI is InChI=1S/C20H25ClN2O5/c1-11(2)23(12(3)4)22-18-16(20(25)27-6)15(19(24)26-5)17(28-18)13-9-7-8-10-14(13)21/h7-12,17H,1-6H3/b22-18-. The largest absolute Gasteiger partial charge is 0.466 e. The van der Waals surface area contributed by atoms with Gasteiger partial charge in [-0.3, -0.25) is 5.01 Å². The first kappa shape index (κ1) is 21.8. The zero-order valence-electron chi connectivity index (χ0n) is 16.9. The molecule has 28 heavy (non-hydrogen) atoms. The minimum Gasteiger partial charge on any atom is -0.466 e. The summed E-state index contributed by atoms with van der Waals surface area (Å²) in [7, 11) is 2.46. The van der Waals surface area contributed by atoms with Crippen LogP contribution >= 0.6 is 11.6 Å². The fourth-order valence-corrected chi connectivity index (χ4v) is 3.24. The Morgan fingerprint density at radius 3 is 2.14 bits per heavy atom. The molecule has 0 N–H and O–H groups in total. The van der Waals surface area contributed by atoms with E-state index in [1.54, 1.807) is 29.3 Å². The van der Waals surface area contributed by atoms with Gasteiger partial charge in [-0.05, 0) is 33.8 Å². The second-order valence-corrected chi connectivity index (χ2v) is 7.17. The number of halogens is 1. The highest BCUT2D eigenvalue weighted by Gasteiger charge is 2.43. The second kappa shape index (κ2) is 9.10. The predicted molar refractivity (Wildman–Crippen MR) is 106 cm³/mol. The lowest BCUT2D eigenvalue weighted by molar-refractivity contribution is -0.139. The summed E-state index contributed by atoms with van der Waals surface area (Å²) in [5, 5.41) is 6.69. The lowest BCUT2D eigenvalue weighted by Crippen LogP contribution is -2.34. The minimum absolute atomic E-state index is 0.000398. The Balaban J connectivity index is 2.71. The molecule has 1 unspecified atom stereocenters. The van der Waals surface area contributed by atoms with Crippen molar-refractivity contribution in [1.82, 2.24) is 5.01 Å². The van der Waals surface area contributed by atoms with Crippen molar-refractivity contribution in [1.29, 1.82) is 0 Å². The maximum atomic E-state index is 12.6. The van der Waals surface area contributed by atoms with Crippen LogP contribution in [0.3, 0.4) is 0 Å². The zero-order valence-corrected chi connectivity index (χ0v) is 17.6. The van der Waals surface area contributed by atoms with Crippen LogP contribution < -0.4 is 0 Å². The molecule has 0 saturated heterocycles. The lowest BCUT2D eigenvalue weighted by atomic mass is 9.99. The quantitative estimate of drug-likeness (QED) is 0.529. The molecule has 1 aromatic carbocycles. The molecule has 1 atom stereocenters. The highest BCUT2D eigenvalue weighted by Crippen LogP contribution is 2.40. The van der Waals surface area contributed by atoms with Crippen molar-refractivity contribution < 1.29 is 23.8 Å². The van der Waals surface area contributed by atoms with E-state index in [2.05, 4.69) is 5.10 Å². The number of nitrogens with zero attached hydrogens (tertiary/aromatic N) is 2. The van der Waals surface area contributed by atoms with E-state index in [1.165, 1.54) is 14.2 Å². The molecule has 1 aliphatic heterocycles. The lowest BCUT2D eigenvalue weighted by Gasteiger charge is -2.28. The highest BCUT2D eigenvalue weighted by atomic mass is 35.5. The van der Waals surface area contributed by atoms with Crippen molar-refractivity contribution in [3.63, 3.8) is 0 Å². The van der Waals surface area contributed by atoms with Crippen molar-refractivity contribution in [2.45, 2.75) is 45.9 Å². The first-order valence-corrected chi connectivity index (χ1v) is 9.29. The van der Waals surface area contributed by atoms with Gasteiger partial charge in [-0.1, -0.05) is 29.8 Å². The van der Waals surface area contributed by atoms with Crippen molar-refractivity contribution >= 4 is 29.4 Å². The van der Waals surface area contributed by atoms with Crippen molar-refractivity contribution in [2.24, 2.45) is 5.10 Å². The van der Waals surface area contributed by atoms with Gasteiger partial charge in [-0.2, -0.15) is 0 Å². The summed E-state index contributed by atoms with van der Waals surface area (Å²) in [5.74, 6) is -1.45. The summed E-state index contributed by atoms with van der Waals surface area (Å²) in [6.07, 6.45) is -0.935. The Hall–Kier alpha value is -2.54. The number of esters is 2. The number of methoxy groups -OCH3 is 2. The monoisotopic (exact) mass is 408 g/mol. The van der Waals surface area contributed by atoms with E-state index < -0.39 is 18.0 Å². The van der Waals surface area contributed by atoms with Crippen molar-refractivity contribution in [3.8, 4) is 0 Å². The molecule has 1 aromatic rings. The van der Waals surface area contributed by atoms with Gasteiger partial charge in [0.15, 0.2) is 6.10 Å². The summed E-state index contributed by atoms with van der Waals surface area (Å²) >= 11 is 6.31. The van der Waals surface area contributed by atoms with Crippen LogP contribution in [0.2, 0.25) is 5.02 Å². The summed E-state index contributed by atoms with van der Waals surface area (Å²) in [4.78, 5) is 25.1.